The Morgan fingerprint density at radius 3 is 2.79 bits per heavy atom. The van der Waals surface area contributed by atoms with Crippen molar-refractivity contribution in [3.05, 3.63) is 33.6 Å². The molecule has 43 heavy (non-hydrogen) atoms. The molecule has 16 nitrogen and oxygen atoms in total. The number of carboxylic acid groups (broad SMARTS) is 2. The third-order valence-corrected chi connectivity index (χ3v) is 10.4. The molecule has 3 aliphatic heterocycles. The van der Waals surface area contributed by atoms with E-state index in [1.807, 2.05) is 0 Å². The summed E-state index contributed by atoms with van der Waals surface area (Å²) < 4.78 is 0. The van der Waals surface area contributed by atoms with Gasteiger partial charge in [0, 0.05) is 23.3 Å². The number of aliphatic carboxylic acids is 2. The number of rotatable bonds is 11. The molecule has 1 aromatic heterocycles. The van der Waals surface area contributed by atoms with E-state index in [4.69, 9.17) is 22.1 Å². The van der Waals surface area contributed by atoms with Gasteiger partial charge in [0.25, 0.3) is 17.3 Å². The number of nitrogens with zero attached hydrogens (tertiary/aromatic N) is 4. The summed E-state index contributed by atoms with van der Waals surface area (Å²) in [6, 6.07) is -1.09. The number of oxime groups is 1. The molecule has 1 fully saturated rings. The first-order valence-corrected chi connectivity index (χ1v) is 16.2. The summed E-state index contributed by atoms with van der Waals surface area (Å²) in [4.78, 5) is 64.7. The number of hydrogen-bond acceptors (Lipinski definition) is 15. The van der Waals surface area contributed by atoms with E-state index >= 15 is 0 Å². The Balaban J connectivity index is 1.29. The number of allylic oxidation sites excluding steroid dienone is 1. The van der Waals surface area contributed by atoms with Gasteiger partial charge in [-0.2, -0.15) is 10.8 Å². The molecule has 1 aliphatic carbocycles. The van der Waals surface area contributed by atoms with Crippen molar-refractivity contribution < 1.29 is 39.2 Å². The number of amidine groups is 1. The van der Waals surface area contributed by atoms with Gasteiger partial charge in [-0.15, -0.1) is 23.1 Å². The standard InChI is InChI=1S/C24H29N9O7S3/c1-2-13(21(36)37)40-31-14(11-8-42-23(26)28-11)18(34)29-15-19(35)32-16(22(38)39)9(6-41-20(15)32)7-43-24-30-17(25)10-4-3-5-12(10)33(24)27/h8,13,15,20,24H,2-7,27H2,1H3,(H2,25,30)(H2,26,28)(H,29,34)(H,36,37)(H,38,39)/b31-14-/t13-,15?,20+,24?/m0/s1. The predicted molar refractivity (Wildman–Crippen MR) is 157 cm³/mol. The van der Waals surface area contributed by atoms with E-state index in [0.717, 1.165) is 46.8 Å². The van der Waals surface area contributed by atoms with Crippen LogP contribution < -0.4 is 32.7 Å². The second kappa shape index (κ2) is 12.5. The van der Waals surface area contributed by atoms with Crippen molar-refractivity contribution in [2.45, 2.75) is 55.6 Å². The average Bonchev–Trinajstić information content (AvgIpc) is 3.64. The lowest BCUT2D eigenvalue weighted by atomic mass is 10.0. The molecule has 0 bridgehead atoms. The second-order valence-electron chi connectivity index (χ2n) is 9.90. The van der Waals surface area contributed by atoms with E-state index in [2.05, 4.69) is 20.4 Å². The van der Waals surface area contributed by atoms with Crippen molar-refractivity contribution in [1.82, 2.24) is 15.2 Å². The first-order valence-electron chi connectivity index (χ1n) is 13.2. The number of thiazole rings is 1. The number of nitrogens with one attached hydrogen (secondary N) is 2. The van der Waals surface area contributed by atoms with Crippen molar-refractivity contribution in [2.75, 3.05) is 17.2 Å². The van der Waals surface area contributed by atoms with Crippen molar-refractivity contribution >= 4 is 75.3 Å². The predicted octanol–water partition coefficient (Wildman–Crippen LogP) is -2.70. The second-order valence-corrected chi connectivity index (χ2v) is 13.0. The largest absolute Gasteiger partial charge is 0.543 e. The normalized spacial score (nSPS) is 25.9. The number of carbonyl (C=O) groups is 4. The van der Waals surface area contributed by atoms with Crippen LogP contribution in [0.4, 0.5) is 5.13 Å². The molecule has 0 saturated carbocycles. The molecule has 3 unspecified atom stereocenters. The number of hydrogen-bond donors (Lipinski definition) is 6. The van der Waals surface area contributed by atoms with E-state index in [1.165, 1.54) is 28.9 Å². The van der Waals surface area contributed by atoms with Crippen LogP contribution in [0.3, 0.4) is 0 Å². The molecular formula is C24H29N9O7S3. The molecule has 230 valence electrons. The van der Waals surface area contributed by atoms with Crippen molar-refractivity contribution in [3.63, 3.8) is 0 Å². The number of β-lactam (4-membered cyclic amide) rings is 1. The summed E-state index contributed by atoms with van der Waals surface area (Å²) in [5.74, 6) is 2.97. The number of carboxylic acids is 2. The van der Waals surface area contributed by atoms with Crippen molar-refractivity contribution in [1.29, 1.82) is 0 Å². The molecule has 1 aromatic rings. The average molecular weight is 652 g/mol. The van der Waals surface area contributed by atoms with Crippen LogP contribution in [-0.2, 0) is 24.0 Å². The maximum absolute atomic E-state index is 13.2. The van der Waals surface area contributed by atoms with Crippen LogP contribution in [0, 0.1) is 0 Å². The van der Waals surface area contributed by atoms with Gasteiger partial charge >= 0.3 is 5.97 Å². The number of aliphatic imine (C=N–C) groups is 1. The first-order chi connectivity index (χ1) is 20.5. The smallest absolute Gasteiger partial charge is 0.347 e. The van der Waals surface area contributed by atoms with E-state index in [0.29, 0.717) is 16.4 Å². The van der Waals surface area contributed by atoms with Crippen LogP contribution in [0.2, 0.25) is 0 Å². The lowest BCUT2D eigenvalue weighted by molar-refractivity contribution is -0.885. The third-order valence-electron chi connectivity index (χ3n) is 7.24. The number of nitrogens with two attached hydrogens (primary N) is 3. The van der Waals surface area contributed by atoms with Gasteiger partial charge in [-0.25, -0.2) is 14.8 Å². The van der Waals surface area contributed by atoms with Gasteiger partial charge < -0.3 is 36.6 Å². The Morgan fingerprint density at radius 1 is 1.37 bits per heavy atom. The lowest BCUT2D eigenvalue weighted by Gasteiger charge is -2.50. The quantitative estimate of drug-likeness (QED) is 0.0617. The Bertz CT molecular complexity index is 1490. The number of aromatic nitrogens is 1. The van der Waals surface area contributed by atoms with Gasteiger partial charge in [0.2, 0.25) is 6.10 Å². The summed E-state index contributed by atoms with van der Waals surface area (Å²) in [6.07, 6.45) is 1.36. The molecule has 0 aromatic carbocycles. The van der Waals surface area contributed by atoms with Crippen LogP contribution in [0.25, 0.3) is 0 Å². The fourth-order valence-electron chi connectivity index (χ4n) is 5.08. The van der Waals surface area contributed by atoms with Gasteiger partial charge in [0.1, 0.15) is 28.6 Å². The van der Waals surface area contributed by atoms with Crippen molar-refractivity contribution in [2.24, 2.45) is 21.7 Å². The number of anilines is 1. The number of fused-ring (bicyclic) bond motifs is 1. The molecule has 5 rings (SSSR count). The van der Waals surface area contributed by atoms with Gasteiger partial charge in [0.05, 0.1) is 17.2 Å². The topological polar surface area (TPSA) is 256 Å². The monoisotopic (exact) mass is 651 g/mol. The molecule has 9 N–H and O–H groups in total. The highest BCUT2D eigenvalue weighted by Crippen LogP contribution is 2.41. The third kappa shape index (κ3) is 5.94. The zero-order valence-electron chi connectivity index (χ0n) is 22.8. The SMILES string of the molecule is CC[C@H](O/N=C(\C(=O)NC1C(=O)N2C(C(=O)[O-])=C(CSC3N=C(N)C4=C(CCC4)[NH+]3N)CS[C@H]12)c1csc(N)n1)C(=O)O. The summed E-state index contributed by atoms with van der Waals surface area (Å²) in [6.45, 7) is 1.57. The highest BCUT2D eigenvalue weighted by molar-refractivity contribution is 8.01. The molecule has 4 heterocycles. The minimum atomic E-state index is -1.52. The summed E-state index contributed by atoms with van der Waals surface area (Å²) >= 11 is 3.62. The Morgan fingerprint density at radius 2 is 2.14 bits per heavy atom. The first kappa shape index (κ1) is 30.8. The number of thioether (sulfide) groups is 2. The maximum atomic E-state index is 13.2. The van der Waals surface area contributed by atoms with E-state index in [1.54, 1.807) is 6.92 Å². The van der Waals surface area contributed by atoms with E-state index < -0.39 is 46.8 Å². The van der Waals surface area contributed by atoms with Crippen LogP contribution in [0.15, 0.2) is 38.1 Å². The van der Waals surface area contributed by atoms with Gasteiger partial charge in [-0.1, -0.05) is 23.8 Å². The summed E-state index contributed by atoms with van der Waals surface area (Å²) in [5.41, 5.74) is 13.2. The molecule has 0 spiro atoms. The zero-order chi connectivity index (χ0) is 31.0. The number of carbonyl (C=O) groups excluding carboxylic acids is 3. The van der Waals surface area contributed by atoms with Gasteiger partial charge in [-0.05, 0) is 24.8 Å². The summed E-state index contributed by atoms with van der Waals surface area (Å²) in [5, 5.41) is 29.2. The lowest BCUT2D eigenvalue weighted by Crippen LogP contribution is -3.19. The fourth-order valence-corrected chi connectivity index (χ4v) is 8.21. The Kier molecular flexibility index (Phi) is 8.97. The van der Waals surface area contributed by atoms with E-state index in [-0.39, 0.29) is 40.2 Å². The van der Waals surface area contributed by atoms with Gasteiger partial charge in [-0.3, -0.25) is 14.5 Å². The van der Waals surface area contributed by atoms with E-state index in [9.17, 15) is 29.4 Å². The van der Waals surface area contributed by atoms with Crippen LogP contribution in [-0.4, -0.2) is 84.8 Å². The fraction of sp³-hybridized carbons (Fsp3) is 0.458. The summed E-state index contributed by atoms with van der Waals surface area (Å²) in [7, 11) is 0. The minimum Gasteiger partial charge on any atom is -0.543 e. The Labute approximate surface area is 257 Å². The highest BCUT2D eigenvalue weighted by Gasteiger charge is 2.53. The number of nitrogen functional groups attached to an aromatic ring is 1. The minimum absolute atomic E-state index is 0.0253. The van der Waals surface area contributed by atoms with Gasteiger partial charge in [0.15, 0.2) is 10.8 Å². The van der Waals surface area contributed by atoms with Crippen LogP contribution in [0.1, 0.15) is 38.3 Å². The van der Waals surface area contributed by atoms with Crippen LogP contribution >= 0.6 is 34.9 Å². The zero-order valence-corrected chi connectivity index (χ0v) is 25.2. The molecule has 2 amide bonds. The number of amides is 2. The Hall–Kier alpha value is -3.65. The molecular weight excluding hydrogens is 623 g/mol. The molecule has 0 radical (unpaired) electrons. The molecule has 5 atom stereocenters. The highest BCUT2D eigenvalue weighted by atomic mass is 32.2. The number of quaternary nitrogens is 1. The van der Waals surface area contributed by atoms with Crippen LogP contribution in [0.5, 0.6) is 0 Å². The molecule has 4 aliphatic rings. The molecule has 1 saturated heterocycles. The van der Waals surface area contributed by atoms with Crippen molar-refractivity contribution in [3.8, 4) is 0 Å². The molecule has 19 heteroatoms. The maximum Gasteiger partial charge on any atom is 0.347 e.